The second kappa shape index (κ2) is 21.7. The summed E-state index contributed by atoms with van der Waals surface area (Å²) >= 11 is 1.67. The van der Waals surface area contributed by atoms with Crippen molar-refractivity contribution in [3.8, 4) is 0 Å². The van der Waals surface area contributed by atoms with Crippen molar-refractivity contribution in [2.75, 3.05) is 52.9 Å². The lowest BCUT2D eigenvalue weighted by molar-refractivity contribution is -0.123. The van der Waals surface area contributed by atoms with Crippen LogP contribution in [-0.4, -0.2) is 80.7 Å². The van der Waals surface area contributed by atoms with Crippen LogP contribution in [0.3, 0.4) is 0 Å². The summed E-state index contributed by atoms with van der Waals surface area (Å²) in [5.74, 6) is 0.703. The number of ketones is 3. The lowest BCUT2D eigenvalue weighted by atomic mass is 10.1. The smallest absolute Gasteiger partial charge is 0.145 e. The van der Waals surface area contributed by atoms with Crippen LogP contribution in [0.5, 0.6) is 0 Å². The molecule has 33 heavy (non-hydrogen) atoms. The Labute approximate surface area is 205 Å². The van der Waals surface area contributed by atoms with Gasteiger partial charge in [0, 0.05) is 38.2 Å². The molecule has 0 saturated carbocycles. The molecule has 1 atom stereocenters. The van der Waals surface area contributed by atoms with Crippen LogP contribution in [0.2, 0.25) is 0 Å². The molecule has 0 aliphatic rings. The number of rotatable bonds is 24. The van der Waals surface area contributed by atoms with E-state index >= 15 is 0 Å². The van der Waals surface area contributed by atoms with Crippen molar-refractivity contribution >= 4 is 29.1 Å². The first-order valence-electron chi connectivity index (χ1n) is 12.3. The van der Waals surface area contributed by atoms with Gasteiger partial charge in [0.2, 0.25) is 0 Å². The SMILES string of the molecule is CC(C)SC(C)C(=O)CCCC(=O)CCCOCCOCCOCCOCCC(=O)C(C)C. The second-order valence-electron chi connectivity index (χ2n) is 8.61. The Morgan fingerprint density at radius 1 is 0.576 bits per heavy atom. The molecule has 0 amide bonds. The van der Waals surface area contributed by atoms with E-state index in [1.165, 1.54) is 0 Å². The number of thioether (sulfide) groups is 1. The molecule has 1 unspecified atom stereocenters. The van der Waals surface area contributed by atoms with Crippen LogP contribution in [0.25, 0.3) is 0 Å². The van der Waals surface area contributed by atoms with E-state index in [4.69, 9.17) is 18.9 Å². The first-order chi connectivity index (χ1) is 15.7. The zero-order chi connectivity index (χ0) is 24.9. The highest BCUT2D eigenvalue weighted by molar-refractivity contribution is 8.01. The van der Waals surface area contributed by atoms with Crippen molar-refractivity contribution in [1.29, 1.82) is 0 Å². The molecular weight excluding hydrogens is 444 g/mol. The Morgan fingerprint density at radius 2 is 1.06 bits per heavy atom. The average molecular weight is 491 g/mol. The Balaban J connectivity index is 3.35. The molecule has 0 spiro atoms. The van der Waals surface area contributed by atoms with Crippen LogP contribution in [0.15, 0.2) is 0 Å². The van der Waals surface area contributed by atoms with Gasteiger partial charge in [-0.15, -0.1) is 11.8 Å². The molecule has 0 heterocycles. The van der Waals surface area contributed by atoms with E-state index in [1.807, 2.05) is 20.8 Å². The van der Waals surface area contributed by atoms with Gasteiger partial charge in [-0.05, 0) is 25.0 Å². The lowest BCUT2D eigenvalue weighted by Gasteiger charge is -2.12. The number of carbonyl (C=O) groups excluding carboxylic acids is 3. The van der Waals surface area contributed by atoms with Crippen LogP contribution in [0, 0.1) is 5.92 Å². The summed E-state index contributed by atoms with van der Waals surface area (Å²) in [4.78, 5) is 35.4. The minimum atomic E-state index is 0.00812. The van der Waals surface area contributed by atoms with E-state index in [9.17, 15) is 14.4 Å². The molecule has 0 aliphatic carbocycles. The average Bonchev–Trinajstić information content (AvgIpc) is 2.75. The van der Waals surface area contributed by atoms with Crippen LogP contribution < -0.4 is 0 Å². The van der Waals surface area contributed by atoms with E-state index in [0.717, 1.165) is 0 Å². The summed E-state index contributed by atoms with van der Waals surface area (Å²) in [6, 6.07) is 0. The predicted octanol–water partition coefficient (Wildman–Crippen LogP) is 4.29. The molecule has 0 aromatic heterocycles. The van der Waals surface area contributed by atoms with Gasteiger partial charge in [-0.1, -0.05) is 27.7 Å². The fourth-order valence-electron chi connectivity index (χ4n) is 2.87. The molecule has 0 bridgehead atoms. The minimum Gasteiger partial charge on any atom is -0.379 e. The van der Waals surface area contributed by atoms with Crippen molar-refractivity contribution in [2.24, 2.45) is 5.92 Å². The van der Waals surface area contributed by atoms with Gasteiger partial charge in [-0.3, -0.25) is 14.4 Å². The molecule has 194 valence electrons. The molecule has 0 aromatic rings. The minimum absolute atomic E-state index is 0.00812. The highest BCUT2D eigenvalue weighted by Crippen LogP contribution is 2.19. The molecule has 0 aliphatic heterocycles. The molecular formula is C25H46O7S. The number of Topliss-reactive ketones (excluding diaryl/α,β-unsaturated/α-hetero) is 3. The van der Waals surface area contributed by atoms with Crippen LogP contribution >= 0.6 is 11.8 Å². The second-order valence-corrected chi connectivity index (χ2v) is 10.5. The maximum atomic E-state index is 12.0. The third-order valence-corrected chi connectivity index (χ3v) is 6.02. The monoisotopic (exact) mass is 490 g/mol. The Kier molecular flexibility index (Phi) is 21.2. The number of hydrogen-bond acceptors (Lipinski definition) is 8. The van der Waals surface area contributed by atoms with Gasteiger partial charge in [-0.25, -0.2) is 0 Å². The molecule has 0 aromatic carbocycles. The highest BCUT2D eigenvalue weighted by atomic mass is 32.2. The van der Waals surface area contributed by atoms with Crippen molar-refractivity contribution in [3.05, 3.63) is 0 Å². The van der Waals surface area contributed by atoms with Crippen molar-refractivity contribution < 1.29 is 33.3 Å². The predicted molar refractivity (Wildman–Crippen MR) is 133 cm³/mol. The summed E-state index contributed by atoms with van der Waals surface area (Å²) in [6.07, 6.45) is 3.23. The quantitative estimate of drug-likeness (QED) is 0.185. The summed E-state index contributed by atoms with van der Waals surface area (Å²) in [5.41, 5.74) is 0. The fourth-order valence-corrected chi connectivity index (χ4v) is 3.95. The Bertz CT molecular complexity index is 523. The van der Waals surface area contributed by atoms with E-state index in [-0.39, 0.29) is 28.5 Å². The molecule has 8 heteroatoms. The first-order valence-corrected chi connectivity index (χ1v) is 13.2. The van der Waals surface area contributed by atoms with E-state index < -0.39 is 0 Å². The summed E-state index contributed by atoms with van der Waals surface area (Å²) in [6.45, 7) is 13.8. The van der Waals surface area contributed by atoms with Gasteiger partial charge < -0.3 is 18.9 Å². The van der Waals surface area contributed by atoms with E-state index in [1.54, 1.807) is 11.8 Å². The topological polar surface area (TPSA) is 88.1 Å². The summed E-state index contributed by atoms with van der Waals surface area (Å²) in [7, 11) is 0. The third kappa shape index (κ3) is 21.5. The van der Waals surface area contributed by atoms with Gasteiger partial charge in [0.05, 0.1) is 51.5 Å². The zero-order valence-electron chi connectivity index (χ0n) is 21.4. The van der Waals surface area contributed by atoms with Gasteiger partial charge in [-0.2, -0.15) is 0 Å². The maximum Gasteiger partial charge on any atom is 0.145 e. The standard InChI is InChI=1S/C25H46O7S/c1-20(2)24(27)11-13-30-15-17-32-19-18-31-16-14-29-12-7-9-23(26)8-6-10-25(28)22(5)33-21(3)4/h20-22H,6-19H2,1-5H3. The number of carbonyl (C=O) groups is 3. The van der Waals surface area contributed by atoms with E-state index in [0.29, 0.717) is 96.6 Å². The lowest BCUT2D eigenvalue weighted by Crippen LogP contribution is -2.15. The van der Waals surface area contributed by atoms with Gasteiger partial charge in [0.25, 0.3) is 0 Å². The van der Waals surface area contributed by atoms with Crippen molar-refractivity contribution in [3.63, 3.8) is 0 Å². The molecule has 0 rings (SSSR count). The normalized spacial score (nSPS) is 12.5. The van der Waals surface area contributed by atoms with Crippen LogP contribution in [0.1, 0.15) is 73.1 Å². The number of ether oxygens (including phenoxy) is 4. The fraction of sp³-hybridized carbons (Fsp3) is 0.880. The molecule has 7 nitrogen and oxygen atoms in total. The van der Waals surface area contributed by atoms with Gasteiger partial charge >= 0.3 is 0 Å². The van der Waals surface area contributed by atoms with E-state index in [2.05, 4.69) is 13.8 Å². The first kappa shape index (κ1) is 32.2. The highest BCUT2D eigenvalue weighted by Gasteiger charge is 2.15. The van der Waals surface area contributed by atoms with Gasteiger partial charge in [0.15, 0.2) is 0 Å². The molecule has 0 N–H and O–H groups in total. The summed E-state index contributed by atoms with van der Waals surface area (Å²) < 4.78 is 21.7. The molecule has 0 saturated heterocycles. The van der Waals surface area contributed by atoms with Crippen LogP contribution in [0.4, 0.5) is 0 Å². The number of hydrogen-bond donors (Lipinski definition) is 0. The van der Waals surface area contributed by atoms with Crippen molar-refractivity contribution in [1.82, 2.24) is 0 Å². The van der Waals surface area contributed by atoms with Gasteiger partial charge in [0.1, 0.15) is 17.3 Å². The van der Waals surface area contributed by atoms with Crippen LogP contribution in [-0.2, 0) is 33.3 Å². The largest absolute Gasteiger partial charge is 0.379 e. The Morgan fingerprint density at radius 3 is 1.58 bits per heavy atom. The third-order valence-electron chi connectivity index (χ3n) is 4.81. The molecule has 0 fully saturated rings. The Hall–Kier alpha value is -0.800. The van der Waals surface area contributed by atoms with Crippen molar-refractivity contribution in [2.45, 2.75) is 83.6 Å². The maximum absolute atomic E-state index is 12.0. The summed E-state index contributed by atoms with van der Waals surface area (Å²) in [5, 5.41) is 0.446. The zero-order valence-corrected chi connectivity index (χ0v) is 22.2. The molecule has 0 radical (unpaired) electrons.